The van der Waals surface area contributed by atoms with Crippen LogP contribution in [0.2, 0.25) is 0 Å². The molecule has 15 heavy (non-hydrogen) atoms. The van der Waals surface area contributed by atoms with Crippen LogP contribution in [0.1, 0.15) is 30.9 Å². The lowest BCUT2D eigenvalue weighted by Crippen LogP contribution is -2.17. The highest BCUT2D eigenvalue weighted by molar-refractivity contribution is 9.11. The van der Waals surface area contributed by atoms with E-state index in [2.05, 4.69) is 55.8 Å². The Kier molecular flexibility index (Phi) is 3.86. The van der Waals surface area contributed by atoms with Crippen molar-refractivity contribution in [3.8, 4) is 0 Å². The molecule has 0 aromatic heterocycles. The van der Waals surface area contributed by atoms with E-state index in [-0.39, 0.29) is 0 Å². The van der Waals surface area contributed by atoms with E-state index in [9.17, 15) is 0 Å². The van der Waals surface area contributed by atoms with Crippen molar-refractivity contribution in [2.45, 2.75) is 32.9 Å². The van der Waals surface area contributed by atoms with Gasteiger partial charge in [-0.25, -0.2) is 0 Å². The molecule has 0 radical (unpaired) electrons. The lowest BCUT2D eigenvalue weighted by molar-refractivity contribution is 0.279. The minimum Gasteiger partial charge on any atom is -0.295 e. The maximum absolute atomic E-state index is 3.63. The molecule has 1 aromatic rings. The molecule has 0 N–H and O–H groups in total. The number of halogens is 2. The average molecular weight is 333 g/mol. The number of hydrogen-bond donors (Lipinski definition) is 0. The number of nitrogens with zero attached hydrogens (tertiary/aromatic N) is 1. The number of unbranched alkanes of at least 4 members (excludes halogenated alkanes) is 1. The molecule has 3 heteroatoms. The number of benzene rings is 1. The molecule has 0 spiro atoms. The van der Waals surface area contributed by atoms with Crippen LogP contribution in [-0.4, -0.2) is 11.4 Å². The molecule has 1 aliphatic rings. The second-order valence-corrected chi connectivity index (χ2v) is 5.76. The van der Waals surface area contributed by atoms with Gasteiger partial charge in [-0.2, -0.15) is 0 Å². The van der Waals surface area contributed by atoms with Crippen molar-refractivity contribution < 1.29 is 0 Å². The first-order valence-corrected chi connectivity index (χ1v) is 6.99. The molecule has 1 nitrogen and oxygen atoms in total. The Morgan fingerprint density at radius 1 is 1.13 bits per heavy atom. The predicted octanol–water partition coefficient (Wildman–Crippen LogP) is 4.33. The van der Waals surface area contributed by atoms with Gasteiger partial charge in [0.25, 0.3) is 0 Å². The van der Waals surface area contributed by atoms with Gasteiger partial charge < -0.3 is 0 Å². The molecule has 0 aliphatic carbocycles. The van der Waals surface area contributed by atoms with Crippen LogP contribution in [-0.2, 0) is 13.1 Å². The van der Waals surface area contributed by atoms with Gasteiger partial charge >= 0.3 is 0 Å². The van der Waals surface area contributed by atoms with Crippen molar-refractivity contribution in [2.24, 2.45) is 0 Å². The van der Waals surface area contributed by atoms with Crippen LogP contribution in [0.25, 0.3) is 0 Å². The van der Waals surface area contributed by atoms with Gasteiger partial charge in [0.05, 0.1) is 0 Å². The third-order valence-electron chi connectivity index (χ3n) is 2.91. The highest BCUT2D eigenvalue weighted by atomic mass is 79.9. The molecular formula is C12H15Br2N. The molecule has 0 amide bonds. The first-order chi connectivity index (χ1) is 7.22. The van der Waals surface area contributed by atoms with Crippen LogP contribution < -0.4 is 0 Å². The van der Waals surface area contributed by atoms with Crippen LogP contribution in [0.3, 0.4) is 0 Å². The summed E-state index contributed by atoms with van der Waals surface area (Å²) >= 11 is 7.26. The zero-order chi connectivity index (χ0) is 10.8. The van der Waals surface area contributed by atoms with Crippen LogP contribution in [0.5, 0.6) is 0 Å². The first kappa shape index (κ1) is 11.6. The summed E-state index contributed by atoms with van der Waals surface area (Å²) in [6.45, 7) is 5.64. The molecule has 0 fully saturated rings. The van der Waals surface area contributed by atoms with Crippen LogP contribution >= 0.6 is 31.9 Å². The van der Waals surface area contributed by atoms with Crippen LogP contribution in [0.15, 0.2) is 21.1 Å². The molecule has 0 bridgehead atoms. The van der Waals surface area contributed by atoms with Gasteiger partial charge in [-0.15, -0.1) is 0 Å². The second kappa shape index (κ2) is 4.98. The molecule has 0 atom stereocenters. The SMILES string of the molecule is CCCCN1Cc2c(Br)ccc(Br)c2C1. The number of rotatable bonds is 3. The van der Waals surface area contributed by atoms with Crippen molar-refractivity contribution >= 4 is 31.9 Å². The summed E-state index contributed by atoms with van der Waals surface area (Å²) in [7, 11) is 0. The molecule has 0 saturated carbocycles. The van der Waals surface area contributed by atoms with Gasteiger partial charge in [0, 0.05) is 22.0 Å². The predicted molar refractivity (Wildman–Crippen MR) is 70.9 cm³/mol. The zero-order valence-electron chi connectivity index (χ0n) is 8.89. The fraction of sp³-hybridized carbons (Fsp3) is 0.500. The van der Waals surface area contributed by atoms with Crippen LogP contribution in [0, 0.1) is 0 Å². The van der Waals surface area contributed by atoms with Crippen molar-refractivity contribution in [1.29, 1.82) is 0 Å². The topological polar surface area (TPSA) is 3.24 Å². The van der Waals surface area contributed by atoms with E-state index in [0.29, 0.717) is 0 Å². The molecule has 2 rings (SSSR count). The Bertz CT molecular complexity index is 332. The molecule has 1 heterocycles. The zero-order valence-corrected chi connectivity index (χ0v) is 12.1. The smallest absolute Gasteiger partial charge is 0.0252 e. The van der Waals surface area contributed by atoms with Crippen molar-refractivity contribution in [1.82, 2.24) is 4.90 Å². The van der Waals surface area contributed by atoms with E-state index in [0.717, 1.165) is 13.1 Å². The molecule has 1 aliphatic heterocycles. The largest absolute Gasteiger partial charge is 0.295 e. The summed E-state index contributed by atoms with van der Waals surface area (Å²) in [4.78, 5) is 2.52. The van der Waals surface area contributed by atoms with Gasteiger partial charge in [0.2, 0.25) is 0 Å². The highest BCUT2D eigenvalue weighted by Crippen LogP contribution is 2.34. The van der Waals surface area contributed by atoms with E-state index in [1.165, 1.54) is 39.5 Å². The van der Waals surface area contributed by atoms with Gasteiger partial charge in [-0.3, -0.25) is 4.90 Å². The Hall–Kier alpha value is 0.140. The third kappa shape index (κ3) is 2.45. The van der Waals surface area contributed by atoms with Gasteiger partial charge in [0.15, 0.2) is 0 Å². The minimum atomic E-state index is 1.09. The van der Waals surface area contributed by atoms with Crippen molar-refractivity contribution in [2.75, 3.05) is 6.54 Å². The Labute approximate surface area is 108 Å². The van der Waals surface area contributed by atoms with Gasteiger partial charge in [-0.05, 0) is 36.2 Å². The molecule has 0 saturated heterocycles. The minimum absolute atomic E-state index is 1.09. The normalized spacial score (nSPS) is 15.7. The number of fused-ring (bicyclic) bond motifs is 1. The highest BCUT2D eigenvalue weighted by Gasteiger charge is 2.22. The number of hydrogen-bond acceptors (Lipinski definition) is 1. The fourth-order valence-electron chi connectivity index (χ4n) is 2.02. The maximum Gasteiger partial charge on any atom is 0.0252 e. The van der Waals surface area contributed by atoms with E-state index >= 15 is 0 Å². The molecule has 0 unspecified atom stereocenters. The maximum atomic E-state index is 3.63. The van der Waals surface area contributed by atoms with Gasteiger partial charge in [0.1, 0.15) is 0 Å². The lowest BCUT2D eigenvalue weighted by atomic mass is 10.1. The Morgan fingerprint density at radius 3 is 2.13 bits per heavy atom. The first-order valence-electron chi connectivity index (χ1n) is 5.40. The molecule has 82 valence electrons. The molecular weight excluding hydrogens is 318 g/mol. The van der Waals surface area contributed by atoms with Crippen molar-refractivity contribution in [3.05, 3.63) is 32.2 Å². The summed E-state index contributed by atoms with van der Waals surface area (Å²) in [6.07, 6.45) is 2.57. The molecule has 1 aromatic carbocycles. The Morgan fingerprint density at radius 2 is 1.67 bits per heavy atom. The van der Waals surface area contributed by atoms with E-state index in [4.69, 9.17) is 0 Å². The van der Waals surface area contributed by atoms with Gasteiger partial charge in [-0.1, -0.05) is 45.2 Å². The summed E-state index contributed by atoms with van der Waals surface area (Å²) in [6, 6.07) is 4.26. The lowest BCUT2D eigenvalue weighted by Gasteiger charge is -2.13. The van der Waals surface area contributed by atoms with E-state index in [1.807, 2.05) is 0 Å². The third-order valence-corrected chi connectivity index (χ3v) is 4.39. The Balaban J connectivity index is 2.15. The summed E-state index contributed by atoms with van der Waals surface area (Å²) in [5.74, 6) is 0. The summed E-state index contributed by atoms with van der Waals surface area (Å²) < 4.78 is 2.50. The van der Waals surface area contributed by atoms with Crippen LogP contribution in [0.4, 0.5) is 0 Å². The monoisotopic (exact) mass is 331 g/mol. The summed E-state index contributed by atoms with van der Waals surface area (Å²) in [5, 5.41) is 0. The quantitative estimate of drug-likeness (QED) is 0.796. The average Bonchev–Trinajstić information content (AvgIpc) is 2.66. The van der Waals surface area contributed by atoms with E-state index in [1.54, 1.807) is 0 Å². The fourth-order valence-corrected chi connectivity index (χ4v) is 3.01. The van der Waals surface area contributed by atoms with E-state index < -0.39 is 0 Å². The second-order valence-electron chi connectivity index (χ2n) is 4.05. The van der Waals surface area contributed by atoms with Crippen molar-refractivity contribution in [3.63, 3.8) is 0 Å². The summed E-state index contributed by atoms with van der Waals surface area (Å²) in [5.41, 5.74) is 2.92. The standard InChI is InChI=1S/C12H15Br2N/c1-2-3-6-15-7-9-10(8-15)12(14)5-4-11(9)13/h4-5H,2-3,6-8H2,1H3.